The molecule has 2 aromatic heterocycles. The van der Waals surface area contributed by atoms with Crippen molar-refractivity contribution < 1.29 is 13.2 Å². The number of anilines is 1. The van der Waals surface area contributed by atoms with Crippen LogP contribution < -0.4 is 4.90 Å². The van der Waals surface area contributed by atoms with Gasteiger partial charge in [-0.05, 0) is 47.7 Å². The molecule has 0 radical (unpaired) electrons. The molecule has 0 saturated heterocycles. The van der Waals surface area contributed by atoms with Gasteiger partial charge >= 0.3 is 0 Å². The Labute approximate surface area is 189 Å². The number of fused-ring (bicyclic) bond motifs is 1. The number of carbonyl (C=O) groups excluding carboxylic acids is 1. The minimum absolute atomic E-state index is 0.164. The van der Waals surface area contributed by atoms with Crippen molar-refractivity contribution in [3.63, 3.8) is 0 Å². The molecule has 0 aliphatic heterocycles. The van der Waals surface area contributed by atoms with E-state index in [4.69, 9.17) is 0 Å². The van der Waals surface area contributed by atoms with Crippen molar-refractivity contribution in [2.45, 2.75) is 11.3 Å². The standard InChI is InChI=1S/C23H20N2O3S3/c1-31(27,28)19-10-11-20-21(16-19)30-23(24-20)25(14-13-18-8-5-15-29-18)22(26)12-9-17-6-3-2-4-7-17/h2-12,15-16H,13-14H2,1H3/b12-9+. The first kappa shape index (κ1) is 21.4. The molecule has 0 unspecified atom stereocenters. The van der Waals surface area contributed by atoms with Crippen LogP contribution in [0.5, 0.6) is 0 Å². The Balaban J connectivity index is 1.65. The van der Waals surface area contributed by atoms with Crippen molar-refractivity contribution in [3.05, 3.63) is 82.6 Å². The Morgan fingerprint density at radius 1 is 1.10 bits per heavy atom. The summed E-state index contributed by atoms with van der Waals surface area (Å²) in [6, 6.07) is 18.5. The van der Waals surface area contributed by atoms with Gasteiger partial charge in [0.1, 0.15) is 0 Å². The van der Waals surface area contributed by atoms with E-state index in [0.29, 0.717) is 23.6 Å². The predicted octanol–water partition coefficient (Wildman–Crippen LogP) is 5.05. The van der Waals surface area contributed by atoms with Gasteiger partial charge in [-0.1, -0.05) is 47.7 Å². The first-order valence-electron chi connectivity index (χ1n) is 9.58. The number of thiophene rings is 1. The van der Waals surface area contributed by atoms with Crippen LogP contribution in [0.1, 0.15) is 10.4 Å². The molecule has 158 valence electrons. The number of sulfone groups is 1. The molecule has 0 atom stereocenters. The van der Waals surface area contributed by atoms with Crippen LogP contribution in [0.25, 0.3) is 16.3 Å². The molecule has 0 fully saturated rings. The number of aromatic nitrogens is 1. The van der Waals surface area contributed by atoms with Crippen LogP contribution in [0, 0.1) is 0 Å². The van der Waals surface area contributed by atoms with Gasteiger partial charge in [0.2, 0.25) is 0 Å². The molecule has 4 aromatic rings. The smallest absolute Gasteiger partial charge is 0.252 e. The van der Waals surface area contributed by atoms with Gasteiger partial charge in [0.05, 0.1) is 15.1 Å². The van der Waals surface area contributed by atoms with E-state index in [1.54, 1.807) is 46.6 Å². The molecule has 2 heterocycles. The Hall–Kier alpha value is -2.81. The summed E-state index contributed by atoms with van der Waals surface area (Å²) in [5, 5.41) is 2.57. The van der Waals surface area contributed by atoms with Crippen molar-refractivity contribution in [2.24, 2.45) is 0 Å². The van der Waals surface area contributed by atoms with Crippen LogP contribution in [0.4, 0.5) is 5.13 Å². The number of thiazole rings is 1. The summed E-state index contributed by atoms with van der Waals surface area (Å²) in [4.78, 5) is 20.8. The molecule has 8 heteroatoms. The molecule has 0 aliphatic carbocycles. The normalized spacial score (nSPS) is 11.9. The van der Waals surface area contributed by atoms with Crippen molar-refractivity contribution in [1.82, 2.24) is 4.98 Å². The van der Waals surface area contributed by atoms with Gasteiger partial charge < -0.3 is 0 Å². The second-order valence-corrected chi connectivity index (χ2v) is 11.0. The zero-order valence-electron chi connectivity index (χ0n) is 16.8. The SMILES string of the molecule is CS(=O)(=O)c1ccc2nc(N(CCc3cccs3)C(=O)/C=C/c3ccccc3)sc2c1. The maximum Gasteiger partial charge on any atom is 0.252 e. The molecule has 5 nitrogen and oxygen atoms in total. The van der Waals surface area contributed by atoms with Crippen LogP contribution in [0.2, 0.25) is 0 Å². The maximum atomic E-state index is 13.1. The minimum atomic E-state index is -3.31. The fourth-order valence-corrected chi connectivity index (χ4v) is 5.49. The number of rotatable bonds is 7. The number of hydrogen-bond donors (Lipinski definition) is 0. The maximum absolute atomic E-state index is 13.1. The summed E-state index contributed by atoms with van der Waals surface area (Å²) >= 11 is 2.97. The number of benzene rings is 2. The fourth-order valence-electron chi connectivity index (χ4n) is 3.04. The monoisotopic (exact) mass is 468 g/mol. The molecule has 0 spiro atoms. The van der Waals surface area contributed by atoms with E-state index in [1.165, 1.54) is 22.5 Å². The van der Waals surface area contributed by atoms with Crippen LogP contribution in [0.15, 0.2) is 77.0 Å². The Bertz CT molecular complexity index is 1330. The molecule has 1 amide bonds. The lowest BCUT2D eigenvalue weighted by Gasteiger charge is -2.17. The van der Waals surface area contributed by atoms with Crippen LogP contribution in [-0.2, 0) is 21.1 Å². The predicted molar refractivity (Wildman–Crippen MR) is 129 cm³/mol. The van der Waals surface area contributed by atoms with Crippen molar-refractivity contribution >= 4 is 59.8 Å². The second-order valence-electron chi connectivity index (χ2n) is 6.96. The number of hydrogen-bond acceptors (Lipinski definition) is 6. The summed E-state index contributed by atoms with van der Waals surface area (Å²) in [7, 11) is -3.31. The Morgan fingerprint density at radius 3 is 2.61 bits per heavy atom. The highest BCUT2D eigenvalue weighted by Crippen LogP contribution is 2.31. The first-order chi connectivity index (χ1) is 14.9. The third kappa shape index (κ3) is 5.28. The largest absolute Gasteiger partial charge is 0.284 e. The quantitative estimate of drug-likeness (QED) is 0.356. The van der Waals surface area contributed by atoms with E-state index in [-0.39, 0.29) is 10.8 Å². The van der Waals surface area contributed by atoms with Gasteiger partial charge in [0, 0.05) is 23.8 Å². The molecule has 4 rings (SSSR count). The summed E-state index contributed by atoms with van der Waals surface area (Å²) < 4.78 is 24.5. The molecule has 0 aliphatic rings. The number of carbonyl (C=O) groups is 1. The van der Waals surface area contributed by atoms with E-state index in [1.807, 2.05) is 47.8 Å². The highest BCUT2D eigenvalue weighted by Gasteiger charge is 2.19. The summed E-state index contributed by atoms with van der Waals surface area (Å²) in [5.41, 5.74) is 1.62. The van der Waals surface area contributed by atoms with E-state index in [9.17, 15) is 13.2 Å². The lowest BCUT2D eigenvalue weighted by atomic mass is 10.2. The van der Waals surface area contributed by atoms with Gasteiger partial charge in [-0.3, -0.25) is 9.69 Å². The third-order valence-electron chi connectivity index (χ3n) is 4.65. The van der Waals surface area contributed by atoms with Crippen molar-refractivity contribution in [3.8, 4) is 0 Å². The summed E-state index contributed by atoms with van der Waals surface area (Å²) in [6.45, 7) is 0.483. The Morgan fingerprint density at radius 2 is 1.90 bits per heavy atom. The average Bonchev–Trinajstić information content (AvgIpc) is 3.41. The van der Waals surface area contributed by atoms with Crippen molar-refractivity contribution in [1.29, 1.82) is 0 Å². The van der Waals surface area contributed by atoms with Crippen LogP contribution >= 0.6 is 22.7 Å². The average molecular weight is 469 g/mol. The van der Waals surface area contributed by atoms with E-state index in [2.05, 4.69) is 4.98 Å². The van der Waals surface area contributed by atoms with Crippen molar-refractivity contribution in [2.75, 3.05) is 17.7 Å². The molecule has 2 aromatic carbocycles. The van der Waals surface area contributed by atoms with Gasteiger partial charge in [-0.2, -0.15) is 0 Å². The van der Waals surface area contributed by atoms with E-state index >= 15 is 0 Å². The van der Waals surface area contributed by atoms with E-state index in [0.717, 1.165) is 10.3 Å². The molecular formula is C23H20N2O3S3. The summed E-state index contributed by atoms with van der Waals surface area (Å²) in [6.07, 6.45) is 5.24. The minimum Gasteiger partial charge on any atom is -0.284 e. The fraction of sp³-hybridized carbons (Fsp3) is 0.130. The van der Waals surface area contributed by atoms with E-state index < -0.39 is 9.84 Å². The highest BCUT2D eigenvalue weighted by molar-refractivity contribution is 7.90. The molecule has 0 bridgehead atoms. The highest BCUT2D eigenvalue weighted by atomic mass is 32.2. The zero-order valence-corrected chi connectivity index (χ0v) is 19.2. The molecule has 0 saturated carbocycles. The lowest BCUT2D eigenvalue weighted by molar-refractivity contribution is -0.114. The molecular weight excluding hydrogens is 448 g/mol. The van der Waals surface area contributed by atoms with Crippen LogP contribution in [-0.4, -0.2) is 32.1 Å². The van der Waals surface area contributed by atoms with Gasteiger partial charge in [0.15, 0.2) is 15.0 Å². The Kier molecular flexibility index (Phi) is 6.31. The molecule has 0 N–H and O–H groups in total. The zero-order chi connectivity index (χ0) is 21.8. The van der Waals surface area contributed by atoms with Gasteiger partial charge in [-0.15, -0.1) is 11.3 Å². The van der Waals surface area contributed by atoms with Gasteiger partial charge in [0.25, 0.3) is 5.91 Å². The second kappa shape index (κ2) is 9.13. The van der Waals surface area contributed by atoms with Gasteiger partial charge in [-0.25, -0.2) is 13.4 Å². The molecule has 31 heavy (non-hydrogen) atoms. The third-order valence-corrected chi connectivity index (χ3v) is 7.74. The number of amides is 1. The summed E-state index contributed by atoms with van der Waals surface area (Å²) in [5.74, 6) is -0.164. The topological polar surface area (TPSA) is 67.3 Å². The lowest BCUT2D eigenvalue weighted by Crippen LogP contribution is -2.31. The number of nitrogens with zero attached hydrogens (tertiary/aromatic N) is 2. The van der Waals surface area contributed by atoms with Crippen LogP contribution in [0.3, 0.4) is 0 Å². The first-order valence-corrected chi connectivity index (χ1v) is 13.2.